The van der Waals surface area contributed by atoms with Crippen LogP contribution in [-0.4, -0.2) is 21.3 Å². The lowest BCUT2D eigenvalue weighted by Gasteiger charge is -2.33. The molecule has 0 saturated heterocycles. The van der Waals surface area contributed by atoms with Gasteiger partial charge in [0.1, 0.15) is 0 Å². The minimum Gasteiger partial charge on any atom is -0.394 e. The van der Waals surface area contributed by atoms with E-state index < -0.39 is 8.56 Å². The zero-order chi connectivity index (χ0) is 18.1. The van der Waals surface area contributed by atoms with Crippen LogP contribution in [0.4, 0.5) is 0 Å². The molecule has 0 aromatic rings. The maximum Gasteiger partial charge on any atom is 0.337 e. The molecule has 0 radical (unpaired) electrons. The van der Waals surface area contributed by atoms with Crippen LogP contribution in [0.25, 0.3) is 0 Å². The lowest BCUT2D eigenvalue weighted by Crippen LogP contribution is -2.44. The van der Waals surface area contributed by atoms with Gasteiger partial charge < -0.3 is 8.85 Å². The van der Waals surface area contributed by atoms with Crippen molar-refractivity contribution >= 4 is 8.56 Å². The van der Waals surface area contributed by atoms with E-state index in [0.29, 0.717) is 6.10 Å². The lowest BCUT2D eigenvalue weighted by molar-refractivity contribution is 0.102. The summed E-state index contributed by atoms with van der Waals surface area (Å²) in [4.78, 5) is 0. The Morgan fingerprint density at radius 1 is 0.667 bits per heavy atom. The minimum atomic E-state index is -1.96. The van der Waals surface area contributed by atoms with E-state index in [9.17, 15) is 0 Å². The molecule has 0 heterocycles. The first kappa shape index (κ1) is 24.1. The van der Waals surface area contributed by atoms with Crippen LogP contribution in [0.1, 0.15) is 112 Å². The molecule has 0 aromatic heterocycles. The first-order chi connectivity index (χ1) is 11.7. The largest absolute Gasteiger partial charge is 0.394 e. The van der Waals surface area contributed by atoms with Crippen molar-refractivity contribution in [1.29, 1.82) is 0 Å². The van der Waals surface area contributed by atoms with E-state index in [-0.39, 0.29) is 0 Å². The predicted molar refractivity (Wildman–Crippen MR) is 110 cm³/mol. The highest BCUT2D eigenvalue weighted by Gasteiger charge is 2.35. The topological polar surface area (TPSA) is 18.5 Å². The fraction of sp³-hybridized carbons (Fsp3) is 1.00. The third-order valence-corrected chi connectivity index (χ3v) is 8.79. The van der Waals surface area contributed by atoms with Crippen LogP contribution in [0, 0.1) is 0 Å². The van der Waals surface area contributed by atoms with E-state index in [1.807, 2.05) is 0 Å². The summed E-state index contributed by atoms with van der Waals surface area (Å²) in [5.74, 6) is 0. The SMILES string of the molecule is CCCCCCCCCCCO[Si](CC)(CC)OC(CC)CCC. The molecule has 0 N–H and O–H groups in total. The fourth-order valence-corrected chi connectivity index (χ4v) is 6.02. The van der Waals surface area contributed by atoms with E-state index in [1.54, 1.807) is 0 Å². The van der Waals surface area contributed by atoms with Crippen molar-refractivity contribution < 1.29 is 8.85 Å². The Hall–Kier alpha value is 0.137. The number of hydrogen-bond donors (Lipinski definition) is 0. The second-order valence-corrected chi connectivity index (χ2v) is 11.0. The molecule has 0 fully saturated rings. The monoisotopic (exact) mass is 358 g/mol. The van der Waals surface area contributed by atoms with E-state index in [0.717, 1.165) is 25.1 Å². The van der Waals surface area contributed by atoms with E-state index >= 15 is 0 Å². The highest BCUT2D eigenvalue weighted by Crippen LogP contribution is 2.24. The van der Waals surface area contributed by atoms with Gasteiger partial charge in [-0.15, -0.1) is 0 Å². The Bertz CT molecular complexity index is 254. The lowest BCUT2D eigenvalue weighted by atomic mass is 10.1. The van der Waals surface area contributed by atoms with E-state index in [4.69, 9.17) is 8.85 Å². The van der Waals surface area contributed by atoms with Gasteiger partial charge in [-0.3, -0.25) is 0 Å². The van der Waals surface area contributed by atoms with Gasteiger partial charge in [0, 0.05) is 12.7 Å². The summed E-state index contributed by atoms with van der Waals surface area (Å²) >= 11 is 0. The van der Waals surface area contributed by atoms with Crippen LogP contribution in [0.2, 0.25) is 12.1 Å². The van der Waals surface area contributed by atoms with E-state index in [1.165, 1.54) is 70.6 Å². The molecule has 3 heteroatoms. The molecule has 1 unspecified atom stereocenters. The van der Waals surface area contributed by atoms with Crippen LogP contribution < -0.4 is 0 Å². The van der Waals surface area contributed by atoms with Gasteiger partial charge in [0.15, 0.2) is 0 Å². The average molecular weight is 359 g/mol. The van der Waals surface area contributed by atoms with Gasteiger partial charge in [-0.1, -0.05) is 92.4 Å². The Balaban J connectivity index is 3.88. The zero-order valence-electron chi connectivity index (χ0n) is 17.5. The van der Waals surface area contributed by atoms with Gasteiger partial charge >= 0.3 is 8.56 Å². The number of unbranched alkanes of at least 4 members (excludes halogenated alkanes) is 8. The average Bonchev–Trinajstić information content (AvgIpc) is 2.61. The van der Waals surface area contributed by atoms with Crippen LogP contribution in [0.15, 0.2) is 0 Å². The summed E-state index contributed by atoms with van der Waals surface area (Å²) in [6, 6.07) is 2.17. The maximum absolute atomic E-state index is 6.53. The molecule has 0 spiro atoms. The number of rotatable bonds is 18. The predicted octanol–water partition coefficient (Wildman–Crippen LogP) is 7.61. The van der Waals surface area contributed by atoms with Gasteiger partial charge in [-0.25, -0.2) is 0 Å². The molecule has 0 aliphatic carbocycles. The fourth-order valence-electron chi connectivity index (χ4n) is 3.30. The van der Waals surface area contributed by atoms with Gasteiger partial charge in [-0.2, -0.15) is 0 Å². The van der Waals surface area contributed by atoms with E-state index in [2.05, 4.69) is 34.6 Å². The summed E-state index contributed by atoms with van der Waals surface area (Å²) in [7, 11) is -1.96. The molecular weight excluding hydrogens is 312 g/mol. The molecule has 0 saturated carbocycles. The summed E-state index contributed by atoms with van der Waals surface area (Å²) in [5, 5.41) is 0. The Morgan fingerprint density at radius 2 is 1.21 bits per heavy atom. The standard InChI is InChI=1S/C21H46O2Si/c1-6-11-12-13-14-15-16-17-18-20-22-24(9-4,10-5)23-21(8-3)19-7-2/h21H,6-20H2,1-5H3. The molecule has 146 valence electrons. The maximum atomic E-state index is 6.53. The first-order valence-corrected chi connectivity index (χ1v) is 13.2. The molecule has 0 aliphatic heterocycles. The highest BCUT2D eigenvalue weighted by atomic mass is 28.4. The summed E-state index contributed by atoms with van der Waals surface area (Å²) in [5.41, 5.74) is 0. The normalized spacial score (nSPS) is 13.4. The summed E-state index contributed by atoms with van der Waals surface area (Å²) in [6.45, 7) is 12.2. The minimum absolute atomic E-state index is 0.407. The molecule has 0 aromatic carbocycles. The molecule has 0 amide bonds. The van der Waals surface area contributed by atoms with Gasteiger partial charge in [0.2, 0.25) is 0 Å². The molecule has 24 heavy (non-hydrogen) atoms. The Labute approximate surface area is 154 Å². The number of hydrogen-bond acceptors (Lipinski definition) is 2. The van der Waals surface area contributed by atoms with Crippen molar-refractivity contribution in [3.63, 3.8) is 0 Å². The zero-order valence-corrected chi connectivity index (χ0v) is 18.5. The molecule has 1 atom stereocenters. The smallest absolute Gasteiger partial charge is 0.337 e. The van der Waals surface area contributed by atoms with Gasteiger partial charge in [-0.05, 0) is 31.4 Å². The molecular formula is C21H46O2Si. The van der Waals surface area contributed by atoms with Gasteiger partial charge in [0.25, 0.3) is 0 Å². The van der Waals surface area contributed by atoms with Crippen molar-refractivity contribution in [2.75, 3.05) is 6.61 Å². The van der Waals surface area contributed by atoms with Gasteiger partial charge in [0.05, 0.1) is 0 Å². The van der Waals surface area contributed by atoms with Crippen LogP contribution >= 0.6 is 0 Å². The van der Waals surface area contributed by atoms with Crippen molar-refractivity contribution in [2.45, 2.75) is 130 Å². The molecule has 0 bridgehead atoms. The Kier molecular flexibility index (Phi) is 16.7. The summed E-state index contributed by atoms with van der Waals surface area (Å²) < 4.78 is 12.9. The summed E-state index contributed by atoms with van der Waals surface area (Å²) in [6.07, 6.45) is 16.2. The van der Waals surface area contributed by atoms with Crippen LogP contribution in [0.3, 0.4) is 0 Å². The Morgan fingerprint density at radius 3 is 1.67 bits per heavy atom. The molecule has 0 aliphatic rings. The third kappa shape index (κ3) is 11.6. The van der Waals surface area contributed by atoms with Crippen molar-refractivity contribution in [3.05, 3.63) is 0 Å². The third-order valence-electron chi connectivity index (χ3n) is 5.14. The highest BCUT2D eigenvalue weighted by molar-refractivity contribution is 6.67. The van der Waals surface area contributed by atoms with Crippen molar-refractivity contribution in [3.8, 4) is 0 Å². The first-order valence-electron chi connectivity index (χ1n) is 11.0. The van der Waals surface area contributed by atoms with Crippen molar-refractivity contribution in [1.82, 2.24) is 0 Å². The molecule has 2 nitrogen and oxygen atoms in total. The van der Waals surface area contributed by atoms with Crippen LogP contribution in [-0.2, 0) is 8.85 Å². The second-order valence-electron chi connectivity index (χ2n) is 7.23. The second kappa shape index (κ2) is 16.6. The van der Waals surface area contributed by atoms with Crippen molar-refractivity contribution in [2.24, 2.45) is 0 Å². The van der Waals surface area contributed by atoms with Crippen LogP contribution in [0.5, 0.6) is 0 Å². The molecule has 0 rings (SSSR count). The quantitative estimate of drug-likeness (QED) is 0.185.